The van der Waals surface area contributed by atoms with Crippen molar-refractivity contribution in [1.29, 1.82) is 0 Å². The van der Waals surface area contributed by atoms with Gasteiger partial charge in [0.25, 0.3) is 0 Å². The van der Waals surface area contributed by atoms with Crippen molar-refractivity contribution in [1.82, 2.24) is 0 Å². The van der Waals surface area contributed by atoms with Gasteiger partial charge in [0, 0.05) is 42.3 Å². The zero-order valence-corrected chi connectivity index (χ0v) is 30.6. The molecule has 0 spiro atoms. The molecule has 8 aromatic carbocycles. The van der Waals surface area contributed by atoms with Crippen LogP contribution in [-0.4, -0.2) is 0 Å². The Morgan fingerprint density at radius 2 is 0.887 bits per heavy atom. The van der Waals surface area contributed by atoms with E-state index in [0.717, 1.165) is 11.4 Å². The Morgan fingerprint density at radius 3 is 1.66 bits per heavy atom. The van der Waals surface area contributed by atoms with E-state index >= 15 is 0 Å². The first-order chi connectivity index (χ1) is 26.1. The Balaban J connectivity index is 1.30. The van der Waals surface area contributed by atoms with Crippen LogP contribution in [0.15, 0.2) is 188 Å². The maximum absolute atomic E-state index is 2.55. The second-order valence-electron chi connectivity index (χ2n) is 14.4. The van der Waals surface area contributed by atoms with Crippen LogP contribution >= 0.6 is 11.3 Å². The molecule has 1 aliphatic carbocycles. The minimum atomic E-state index is -0.131. The molecule has 252 valence electrons. The van der Waals surface area contributed by atoms with Crippen molar-refractivity contribution in [2.24, 2.45) is 0 Å². The van der Waals surface area contributed by atoms with Crippen LogP contribution in [0.2, 0.25) is 0 Å². The maximum Gasteiger partial charge on any atom is 0.0543 e. The molecule has 10 rings (SSSR count). The number of thiophene rings is 1. The number of hydrogen-bond acceptors (Lipinski definition) is 2. The van der Waals surface area contributed by atoms with Gasteiger partial charge in [-0.3, -0.25) is 0 Å². The summed E-state index contributed by atoms with van der Waals surface area (Å²) in [6.45, 7) is 4.73. The Kier molecular flexibility index (Phi) is 7.42. The van der Waals surface area contributed by atoms with Crippen molar-refractivity contribution in [2.75, 3.05) is 4.90 Å². The monoisotopic (exact) mass is 695 g/mol. The lowest BCUT2D eigenvalue weighted by molar-refractivity contribution is 0.660. The van der Waals surface area contributed by atoms with Gasteiger partial charge in [0.1, 0.15) is 0 Å². The molecule has 0 N–H and O–H groups in total. The lowest BCUT2D eigenvalue weighted by Gasteiger charge is -2.32. The fourth-order valence-electron chi connectivity index (χ4n) is 8.69. The van der Waals surface area contributed by atoms with E-state index in [0.29, 0.717) is 0 Å². The molecular weight excluding hydrogens is 659 g/mol. The highest BCUT2D eigenvalue weighted by Crippen LogP contribution is 2.56. The molecule has 0 atom stereocenters. The molecule has 0 bridgehead atoms. The van der Waals surface area contributed by atoms with E-state index in [1.807, 2.05) is 11.3 Å². The molecule has 1 heterocycles. The van der Waals surface area contributed by atoms with E-state index in [-0.39, 0.29) is 5.41 Å². The second kappa shape index (κ2) is 12.5. The average Bonchev–Trinajstić information content (AvgIpc) is 3.71. The van der Waals surface area contributed by atoms with Crippen molar-refractivity contribution >= 4 is 48.6 Å². The molecule has 0 radical (unpaired) electrons. The zero-order valence-electron chi connectivity index (χ0n) is 29.8. The first kappa shape index (κ1) is 31.5. The van der Waals surface area contributed by atoms with Crippen LogP contribution in [0.1, 0.15) is 25.0 Å². The molecule has 53 heavy (non-hydrogen) atoms. The molecule has 0 aliphatic heterocycles. The Bertz CT molecular complexity index is 2820. The van der Waals surface area contributed by atoms with Gasteiger partial charge in [-0.15, -0.1) is 11.3 Å². The summed E-state index contributed by atoms with van der Waals surface area (Å²) < 4.78 is 2.62. The molecule has 0 saturated heterocycles. The average molecular weight is 696 g/mol. The van der Waals surface area contributed by atoms with Crippen molar-refractivity contribution in [2.45, 2.75) is 19.3 Å². The number of hydrogen-bond donors (Lipinski definition) is 0. The predicted octanol–water partition coefficient (Wildman–Crippen LogP) is 14.8. The van der Waals surface area contributed by atoms with Gasteiger partial charge in [0.15, 0.2) is 0 Å². The van der Waals surface area contributed by atoms with Crippen LogP contribution in [0.5, 0.6) is 0 Å². The zero-order chi connectivity index (χ0) is 35.5. The van der Waals surface area contributed by atoms with Crippen LogP contribution in [0.3, 0.4) is 0 Å². The standard InChI is InChI=1S/C51H37NS/c1-51(2)42-27-12-8-24-40(42)50-43(51)28-17-31-46(50)52(44-29-13-9-22-37(44)36-21-7-6-20-35(36)34-18-4-3-5-19-34)45-30-14-10-23-38(45)39-26-16-33-48-49(39)41-25-11-15-32-47(41)53-48/h3-33H,1-2H3. The Hall–Kier alpha value is -6.22. The third-order valence-electron chi connectivity index (χ3n) is 11.1. The van der Waals surface area contributed by atoms with E-state index in [9.17, 15) is 0 Å². The first-order valence-electron chi connectivity index (χ1n) is 18.4. The van der Waals surface area contributed by atoms with Crippen LogP contribution in [-0.2, 0) is 5.41 Å². The topological polar surface area (TPSA) is 3.24 Å². The van der Waals surface area contributed by atoms with Gasteiger partial charge in [0.2, 0.25) is 0 Å². The summed E-state index contributed by atoms with van der Waals surface area (Å²) in [5, 5.41) is 2.62. The maximum atomic E-state index is 2.55. The Labute approximate surface area is 315 Å². The molecule has 1 aromatic heterocycles. The van der Waals surface area contributed by atoms with Crippen LogP contribution < -0.4 is 4.90 Å². The second-order valence-corrected chi connectivity index (χ2v) is 15.5. The first-order valence-corrected chi connectivity index (χ1v) is 19.2. The minimum absolute atomic E-state index is 0.131. The normalized spacial score (nSPS) is 12.9. The van der Waals surface area contributed by atoms with Gasteiger partial charge >= 0.3 is 0 Å². The van der Waals surface area contributed by atoms with Crippen molar-refractivity contribution in [3.05, 3.63) is 199 Å². The summed E-state index contributed by atoms with van der Waals surface area (Å²) in [5.74, 6) is 0. The third-order valence-corrected chi connectivity index (χ3v) is 12.2. The quantitative estimate of drug-likeness (QED) is 0.167. The third kappa shape index (κ3) is 4.98. The summed E-state index contributed by atoms with van der Waals surface area (Å²) in [4.78, 5) is 2.55. The molecule has 0 amide bonds. The lowest BCUT2D eigenvalue weighted by Crippen LogP contribution is -2.16. The molecular formula is C51H37NS. The number of benzene rings is 8. The molecule has 0 unspecified atom stereocenters. The smallest absolute Gasteiger partial charge is 0.0543 e. The van der Waals surface area contributed by atoms with Crippen molar-refractivity contribution in [3.8, 4) is 44.5 Å². The van der Waals surface area contributed by atoms with Gasteiger partial charge in [-0.2, -0.15) is 0 Å². The number of fused-ring (bicyclic) bond motifs is 6. The van der Waals surface area contributed by atoms with Gasteiger partial charge in [-0.05, 0) is 69.3 Å². The summed E-state index contributed by atoms with van der Waals surface area (Å²) in [7, 11) is 0. The van der Waals surface area contributed by atoms with Gasteiger partial charge in [-0.25, -0.2) is 0 Å². The highest BCUT2D eigenvalue weighted by Gasteiger charge is 2.38. The van der Waals surface area contributed by atoms with Crippen molar-refractivity contribution < 1.29 is 0 Å². The summed E-state index contributed by atoms with van der Waals surface area (Å²) in [6, 6.07) is 69.1. The van der Waals surface area contributed by atoms with E-state index in [2.05, 4.69) is 207 Å². The molecule has 0 saturated carbocycles. The lowest BCUT2D eigenvalue weighted by atomic mass is 9.82. The van der Waals surface area contributed by atoms with Crippen LogP contribution in [0.4, 0.5) is 17.1 Å². The molecule has 1 aliphatic rings. The van der Waals surface area contributed by atoms with Crippen molar-refractivity contribution in [3.63, 3.8) is 0 Å². The summed E-state index contributed by atoms with van der Waals surface area (Å²) in [5.41, 5.74) is 15.9. The predicted molar refractivity (Wildman–Crippen MR) is 228 cm³/mol. The van der Waals surface area contributed by atoms with E-state index < -0.39 is 0 Å². The minimum Gasteiger partial charge on any atom is -0.309 e. The highest BCUT2D eigenvalue weighted by molar-refractivity contribution is 7.25. The number of nitrogens with zero attached hydrogens (tertiary/aromatic N) is 1. The molecule has 1 nitrogen and oxygen atoms in total. The van der Waals surface area contributed by atoms with E-state index in [1.165, 1.54) is 81.5 Å². The molecule has 9 aromatic rings. The van der Waals surface area contributed by atoms with Crippen LogP contribution in [0.25, 0.3) is 64.7 Å². The number of para-hydroxylation sites is 2. The van der Waals surface area contributed by atoms with E-state index in [1.54, 1.807) is 0 Å². The van der Waals surface area contributed by atoms with Crippen LogP contribution in [0, 0.1) is 0 Å². The molecule has 0 fully saturated rings. The molecule has 2 heteroatoms. The SMILES string of the molecule is CC1(C)c2ccccc2-c2c(N(c3ccccc3-c3ccccc3-c3ccccc3)c3ccccc3-c3cccc4sc5ccccc5c34)cccc21. The largest absolute Gasteiger partial charge is 0.309 e. The number of rotatable bonds is 6. The van der Waals surface area contributed by atoms with Gasteiger partial charge < -0.3 is 4.90 Å². The summed E-state index contributed by atoms with van der Waals surface area (Å²) >= 11 is 1.87. The highest BCUT2D eigenvalue weighted by atomic mass is 32.1. The fraction of sp³-hybridized carbons (Fsp3) is 0.0588. The summed E-state index contributed by atoms with van der Waals surface area (Å²) in [6.07, 6.45) is 0. The number of anilines is 3. The van der Waals surface area contributed by atoms with Gasteiger partial charge in [-0.1, -0.05) is 172 Å². The van der Waals surface area contributed by atoms with Gasteiger partial charge in [0.05, 0.1) is 17.1 Å². The fourth-order valence-corrected chi connectivity index (χ4v) is 9.82. The van der Waals surface area contributed by atoms with E-state index in [4.69, 9.17) is 0 Å². The Morgan fingerprint density at radius 1 is 0.377 bits per heavy atom.